The third-order valence-corrected chi connectivity index (χ3v) is 7.19. The lowest BCUT2D eigenvalue weighted by atomic mass is 10.1. The van der Waals surface area contributed by atoms with Gasteiger partial charge in [-0.2, -0.15) is 0 Å². The molecule has 0 saturated heterocycles. The molecule has 0 aliphatic rings. The minimum atomic E-state index is -0.509. The summed E-state index contributed by atoms with van der Waals surface area (Å²) in [4.78, 5) is 39.7. The SMILES string of the molecule is COc1ccc(/C=C(\NC(=O)c2ccccc2)C(=O)Nc2ccc(SC(C)C(=O)Nc3ccccc3)cc2)cc1OC. The number of anilines is 2. The van der Waals surface area contributed by atoms with Crippen molar-refractivity contribution >= 4 is 46.9 Å². The van der Waals surface area contributed by atoms with Crippen LogP contribution in [-0.4, -0.2) is 37.2 Å². The van der Waals surface area contributed by atoms with Gasteiger partial charge >= 0.3 is 0 Å². The normalized spacial score (nSPS) is 11.6. The average molecular weight is 582 g/mol. The Labute approximate surface area is 249 Å². The fourth-order valence-electron chi connectivity index (χ4n) is 3.89. The molecule has 0 bridgehead atoms. The summed E-state index contributed by atoms with van der Waals surface area (Å²) in [6.45, 7) is 1.83. The number of carbonyl (C=O) groups is 3. The largest absolute Gasteiger partial charge is 0.493 e. The monoisotopic (exact) mass is 581 g/mol. The van der Waals surface area contributed by atoms with Gasteiger partial charge in [0.15, 0.2) is 11.5 Å². The lowest BCUT2D eigenvalue weighted by Gasteiger charge is -2.14. The molecule has 0 radical (unpaired) electrons. The van der Waals surface area contributed by atoms with Crippen molar-refractivity contribution in [1.82, 2.24) is 5.32 Å². The number of nitrogens with one attached hydrogen (secondary N) is 3. The van der Waals surface area contributed by atoms with Crippen molar-refractivity contribution in [2.75, 3.05) is 24.9 Å². The van der Waals surface area contributed by atoms with Crippen LogP contribution >= 0.6 is 11.8 Å². The highest BCUT2D eigenvalue weighted by molar-refractivity contribution is 8.00. The first kappa shape index (κ1) is 30.0. The molecule has 0 fully saturated rings. The molecule has 1 unspecified atom stereocenters. The minimum absolute atomic E-state index is 0.0423. The molecule has 0 spiro atoms. The number of methoxy groups -OCH3 is 2. The summed E-state index contributed by atoms with van der Waals surface area (Å²) < 4.78 is 10.7. The van der Waals surface area contributed by atoms with Gasteiger partial charge in [0, 0.05) is 21.8 Å². The molecule has 42 heavy (non-hydrogen) atoms. The Kier molecular flexibility index (Phi) is 10.4. The average Bonchev–Trinajstić information content (AvgIpc) is 3.02. The Morgan fingerprint density at radius 3 is 2.00 bits per heavy atom. The smallest absolute Gasteiger partial charge is 0.272 e. The Morgan fingerprint density at radius 1 is 0.738 bits per heavy atom. The number of amides is 3. The molecule has 4 aromatic carbocycles. The van der Waals surface area contributed by atoms with Crippen LogP contribution < -0.4 is 25.4 Å². The summed E-state index contributed by atoms with van der Waals surface area (Å²) in [6.07, 6.45) is 1.56. The van der Waals surface area contributed by atoms with E-state index in [1.54, 1.807) is 60.7 Å². The van der Waals surface area contributed by atoms with E-state index in [0.717, 1.165) is 10.6 Å². The molecule has 4 aromatic rings. The quantitative estimate of drug-likeness (QED) is 0.143. The van der Waals surface area contributed by atoms with Gasteiger partial charge in [0.2, 0.25) is 5.91 Å². The van der Waals surface area contributed by atoms with Gasteiger partial charge in [0.05, 0.1) is 19.5 Å². The second kappa shape index (κ2) is 14.6. The van der Waals surface area contributed by atoms with Crippen LogP contribution in [0.3, 0.4) is 0 Å². The van der Waals surface area contributed by atoms with Crippen molar-refractivity contribution in [1.29, 1.82) is 0 Å². The predicted octanol–water partition coefficient (Wildman–Crippen LogP) is 6.23. The van der Waals surface area contributed by atoms with E-state index in [4.69, 9.17) is 9.47 Å². The number of rotatable bonds is 11. The van der Waals surface area contributed by atoms with Crippen LogP contribution in [0.5, 0.6) is 11.5 Å². The van der Waals surface area contributed by atoms with E-state index in [0.29, 0.717) is 28.3 Å². The van der Waals surface area contributed by atoms with Crippen LogP contribution in [0.4, 0.5) is 11.4 Å². The van der Waals surface area contributed by atoms with Crippen molar-refractivity contribution in [3.05, 3.63) is 120 Å². The van der Waals surface area contributed by atoms with E-state index in [-0.39, 0.29) is 16.9 Å². The molecular formula is C33H31N3O5S. The van der Waals surface area contributed by atoms with Crippen molar-refractivity contribution in [3.63, 3.8) is 0 Å². The minimum Gasteiger partial charge on any atom is -0.493 e. The molecule has 8 nitrogen and oxygen atoms in total. The van der Waals surface area contributed by atoms with Gasteiger partial charge in [-0.3, -0.25) is 14.4 Å². The molecular weight excluding hydrogens is 550 g/mol. The number of thioether (sulfide) groups is 1. The van der Waals surface area contributed by atoms with Gasteiger partial charge in [-0.15, -0.1) is 11.8 Å². The molecule has 214 valence electrons. The Bertz CT molecular complexity index is 1560. The van der Waals surface area contributed by atoms with Crippen LogP contribution in [0.1, 0.15) is 22.8 Å². The summed E-state index contributed by atoms with van der Waals surface area (Å²) in [7, 11) is 3.06. The molecule has 9 heteroatoms. The van der Waals surface area contributed by atoms with Crippen LogP contribution in [0.25, 0.3) is 6.08 Å². The molecule has 3 amide bonds. The third kappa shape index (κ3) is 8.25. The lowest BCUT2D eigenvalue weighted by molar-refractivity contribution is -0.115. The third-order valence-electron chi connectivity index (χ3n) is 6.08. The van der Waals surface area contributed by atoms with Crippen LogP contribution in [0.2, 0.25) is 0 Å². The molecule has 1 atom stereocenters. The molecule has 0 aromatic heterocycles. The van der Waals surface area contributed by atoms with Crippen molar-refractivity contribution in [3.8, 4) is 11.5 Å². The van der Waals surface area contributed by atoms with Crippen LogP contribution in [-0.2, 0) is 9.59 Å². The molecule has 0 aliphatic heterocycles. The van der Waals surface area contributed by atoms with Gasteiger partial charge in [-0.05, 0) is 79.2 Å². The predicted molar refractivity (Wildman–Crippen MR) is 167 cm³/mol. The maximum absolute atomic E-state index is 13.4. The maximum atomic E-state index is 13.4. The lowest BCUT2D eigenvalue weighted by Crippen LogP contribution is -2.30. The van der Waals surface area contributed by atoms with E-state index in [9.17, 15) is 14.4 Å². The number of benzene rings is 4. The van der Waals surface area contributed by atoms with Gasteiger partial charge in [-0.1, -0.05) is 42.5 Å². The van der Waals surface area contributed by atoms with Gasteiger partial charge in [0.1, 0.15) is 5.70 Å². The first-order valence-electron chi connectivity index (χ1n) is 13.1. The number of hydrogen-bond acceptors (Lipinski definition) is 6. The van der Waals surface area contributed by atoms with E-state index < -0.39 is 11.8 Å². The second-order valence-corrected chi connectivity index (χ2v) is 10.5. The van der Waals surface area contributed by atoms with Crippen LogP contribution in [0, 0.1) is 0 Å². The standard InChI is InChI=1S/C33H31N3O5S/c1-22(31(37)34-25-12-8-5-9-13-25)42-27-17-15-26(16-18-27)35-33(39)28(36-32(38)24-10-6-4-7-11-24)20-23-14-19-29(40-2)30(21-23)41-3/h4-22H,1-3H3,(H,34,37)(H,35,39)(H,36,38)/b28-20-. The molecule has 3 N–H and O–H groups in total. The van der Waals surface area contributed by atoms with E-state index in [1.807, 2.05) is 55.5 Å². The summed E-state index contributed by atoms with van der Waals surface area (Å²) >= 11 is 1.40. The highest BCUT2D eigenvalue weighted by Gasteiger charge is 2.17. The summed E-state index contributed by atoms with van der Waals surface area (Å²) in [6, 6.07) is 30.2. The molecule has 4 rings (SSSR count). The first-order valence-corrected chi connectivity index (χ1v) is 14.0. The van der Waals surface area contributed by atoms with Crippen molar-refractivity contribution in [2.45, 2.75) is 17.1 Å². The fraction of sp³-hybridized carbons (Fsp3) is 0.121. The Morgan fingerprint density at radius 2 is 1.36 bits per heavy atom. The Balaban J connectivity index is 1.48. The molecule has 0 saturated carbocycles. The van der Waals surface area contributed by atoms with Gasteiger partial charge < -0.3 is 25.4 Å². The van der Waals surface area contributed by atoms with Gasteiger partial charge in [-0.25, -0.2) is 0 Å². The number of carbonyl (C=O) groups excluding carboxylic acids is 3. The van der Waals surface area contributed by atoms with E-state index >= 15 is 0 Å². The van der Waals surface area contributed by atoms with E-state index in [2.05, 4.69) is 16.0 Å². The highest BCUT2D eigenvalue weighted by Crippen LogP contribution is 2.29. The highest BCUT2D eigenvalue weighted by atomic mass is 32.2. The zero-order valence-electron chi connectivity index (χ0n) is 23.4. The van der Waals surface area contributed by atoms with E-state index in [1.165, 1.54) is 26.0 Å². The number of ether oxygens (including phenoxy) is 2. The zero-order chi connectivity index (χ0) is 29.9. The number of para-hydroxylation sites is 1. The van der Waals surface area contributed by atoms with Gasteiger partial charge in [0.25, 0.3) is 11.8 Å². The first-order chi connectivity index (χ1) is 20.4. The maximum Gasteiger partial charge on any atom is 0.272 e. The van der Waals surface area contributed by atoms with Crippen molar-refractivity contribution < 1.29 is 23.9 Å². The number of hydrogen-bond donors (Lipinski definition) is 3. The second-order valence-electron chi connectivity index (χ2n) is 9.09. The zero-order valence-corrected chi connectivity index (χ0v) is 24.2. The summed E-state index contributed by atoms with van der Waals surface area (Å²) in [5.41, 5.74) is 2.35. The molecule has 0 heterocycles. The summed E-state index contributed by atoms with van der Waals surface area (Å²) in [5, 5.41) is 8.13. The summed E-state index contributed by atoms with van der Waals surface area (Å²) in [5.74, 6) is -0.0151. The van der Waals surface area contributed by atoms with Crippen LogP contribution in [0.15, 0.2) is 114 Å². The van der Waals surface area contributed by atoms with Crippen molar-refractivity contribution in [2.24, 2.45) is 0 Å². The topological polar surface area (TPSA) is 106 Å². The Hall–Kier alpha value is -5.02. The molecule has 0 aliphatic carbocycles. The fourth-order valence-corrected chi connectivity index (χ4v) is 4.76.